The molecule has 2 heterocycles. The monoisotopic (exact) mass is 280 g/mol. The second-order valence-corrected chi connectivity index (χ2v) is 6.25. The van der Waals surface area contributed by atoms with E-state index in [4.69, 9.17) is 0 Å². The van der Waals surface area contributed by atoms with Crippen molar-refractivity contribution in [2.45, 2.75) is 32.1 Å². The molecule has 3 rings (SSSR count). The molecule has 2 saturated heterocycles. The lowest BCUT2D eigenvalue weighted by atomic mass is 9.75. The van der Waals surface area contributed by atoms with E-state index >= 15 is 0 Å². The maximum absolute atomic E-state index is 13.4. The number of piperidine rings is 1. The summed E-state index contributed by atoms with van der Waals surface area (Å²) in [5.74, 6) is -0.975. The van der Waals surface area contributed by atoms with E-state index in [-0.39, 0.29) is 0 Å². The lowest BCUT2D eigenvalue weighted by Crippen LogP contribution is -2.40. The molecule has 2 nitrogen and oxygen atoms in total. The van der Waals surface area contributed by atoms with Gasteiger partial charge in [-0.2, -0.15) is 0 Å². The summed E-state index contributed by atoms with van der Waals surface area (Å²) in [5.41, 5.74) is 1.09. The minimum Gasteiger partial charge on any atom is -0.371 e. The van der Waals surface area contributed by atoms with E-state index in [0.717, 1.165) is 45.1 Å². The SMILES string of the molecule is Fc1cc(F)cc(N2CCCC3(CCCNC3)CC2)c1. The third-order valence-electron chi connectivity index (χ3n) is 4.82. The number of halogens is 2. The molecule has 2 aliphatic rings. The van der Waals surface area contributed by atoms with Crippen LogP contribution < -0.4 is 10.2 Å². The Balaban J connectivity index is 1.73. The van der Waals surface area contributed by atoms with Gasteiger partial charge in [-0.1, -0.05) is 0 Å². The molecule has 1 N–H and O–H groups in total. The molecule has 0 bridgehead atoms. The van der Waals surface area contributed by atoms with Gasteiger partial charge in [-0.3, -0.25) is 0 Å². The maximum Gasteiger partial charge on any atom is 0.128 e. The van der Waals surface area contributed by atoms with Gasteiger partial charge in [0.05, 0.1) is 0 Å². The van der Waals surface area contributed by atoms with Crippen molar-refractivity contribution >= 4 is 5.69 Å². The van der Waals surface area contributed by atoms with Gasteiger partial charge in [-0.05, 0) is 56.2 Å². The molecule has 2 fully saturated rings. The van der Waals surface area contributed by atoms with E-state index in [9.17, 15) is 8.78 Å². The molecule has 0 saturated carbocycles. The summed E-state index contributed by atoms with van der Waals surface area (Å²) in [6.45, 7) is 4.01. The van der Waals surface area contributed by atoms with Crippen LogP contribution in [0.15, 0.2) is 18.2 Å². The fourth-order valence-corrected chi connectivity index (χ4v) is 3.69. The van der Waals surface area contributed by atoms with Crippen molar-refractivity contribution in [3.8, 4) is 0 Å². The highest BCUT2D eigenvalue weighted by molar-refractivity contribution is 5.47. The Labute approximate surface area is 119 Å². The Morgan fingerprint density at radius 1 is 0.950 bits per heavy atom. The van der Waals surface area contributed by atoms with Gasteiger partial charge in [0.25, 0.3) is 0 Å². The van der Waals surface area contributed by atoms with Crippen molar-refractivity contribution in [2.24, 2.45) is 5.41 Å². The van der Waals surface area contributed by atoms with Crippen LogP contribution in [0, 0.1) is 17.0 Å². The third-order valence-corrected chi connectivity index (χ3v) is 4.82. The fourth-order valence-electron chi connectivity index (χ4n) is 3.69. The van der Waals surface area contributed by atoms with Gasteiger partial charge in [-0.25, -0.2) is 8.78 Å². The first-order valence-corrected chi connectivity index (χ1v) is 7.59. The Bertz CT molecular complexity index is 449. The number of benzene rings is 1. The largest absolute Gasteiger partial charge is 0.371 e. The molecule has 0 aromatic heterocycles. The topological polar surface area (TPSA) is 15.3 Å². The highest BCUT2D eigenvalue weighted by atomic mass is 19.1. The average Bonchev–Trinajstić information content (AvgIpc) is 2.62. The van der Waals surface area contributed by atoms with E-state index in [1.165, 1.54) is 31.4 Å². The van der Waals surface area contributed by atoms with Crippen LogP contribution in [0.2, 0.25) is 0 Å². The second-order valence-electron chi connectivity index (χ2n) is 6.25. The van der Waals surface area contributed by atoms with Crippen molar-refractivity contribution in [1.29, 1.82) is 0 Å². The highest BCUT2D eigenvalue weighted by Gasteiger charge is 2.33. The van der Waals surface area contributed by atoms with Crippen LogP contribution in [-0.2, 0) is 0 Å². The Morgan fingerprint density at radius 3 is 2.40 bits per heavy atom. The first kappa shape index (κ1) is 13.8. The number of nitrogens with one attached hydrogen (secondary N) is 1. The fraction of sp³-hybridized carbons (Fsp3) is 0.625. The Kier molecular flexibility index (Phi) is 3.92. The molecule has 1 spiro atoms. The molecule has 1 atom stereocenters. The van der Waals surface area contributed by atoms with E-state index in [1.807, 2.05) is 0 Å². The number of hydrogen-bond donors (Lipinski definition) is 1. The second kappa shape index (κ2) is 5.68. The predicted octanol–water partition coefficient (Wildman–Crippen LogP) is 3.32. The predicted molar refractivity (Wildman–Crippen MR) is 77.0 cm³/mol. The summed E-state index contributed by atoms with van der Waals surface area (Å²) in [6.07, 6.45) is 5.95. The molecule has 1 aromatic rings. The zero-order valence-electron chi connectivity index (χ0n) is 11.8. The summed E-state index contributed by atoms with van der Waals surface area (Å²) in [7, 11) is 0. The van der Waals surface area contributed by atoms with Crippen LogP contribution in [0.1, 0.15) is 32.1 Å². The first-order valence-electron chi connectivity index (χ1n) is 7.59. The van der Waals surface area contributed by atoms with Crippen LogP contribution in [0.25, 0.3) is 0 Å². The molecular formula is C16H22F2N2. The van der Waals surface area contributed by atoms with E-state index in [0.29, 0.717) is 11.1 Å². The zero-order valence-corrected chi connectivity index (χ0v) is 11.8. The minimum atomic E-state index is -0.488. The maximum atomic E-state index is 13.4. The van der Waals surface area contributed by atoms with Crippen molar-refractivity contribution < 1.29 is 8.78 Å². The highest BCUT2D eigenvalue weighted by Crippen LogP contribution is 2.38. The van der Waals surface area contributed by atoms with Crippen LogP contribution in [0.3, 0.4) is 0 Å². The molecule has 1 unspecified atom stereocenters. The summed E-state index contributed by atoms with van der Waals surface area (Å²) in [4.78, 5) is 2.13. The molecule has 110 valence electrons. The lowest BCUT2D eigenvalue weighted by molar-refractivity contribution is 0.185. The summed E-state index contributed by atoms with van der Waals surface area (Å²) >= 11 is 0. The van der Waals surface area contributed by atoms with Gasteiger partial charge in [0.1, 0.15) is 11.6 Å². The Morgan fingerprint density at radius 2 is 1.70 bits per heavy atom. The molecule has 1 aromatic carbocycles. The molecule has 0 amide bonds. The van der Waals surface area contributed by atoms with Gasteiger partial charge in [-0.15, -0.1) is 0 Å². The zero-order chi connectivity index (χ0) is 14.0. The molecule has 2 aliphatic heterocycles. The van der Waals surface area contributed by atoms with Crippen LogP contribution in [0.4, 0.5) is 14.5 Å². The quantitative estimate of drug-likeness (QED) is 0.849. The third kappa shape index (κ3) is 2.95. The molecule has 20 heavy (non-hydrogen) atoms. The van der Waals surface area contributed by atoms with Gasteiger partial charge in [0.2, 0.25) is 0 Å². The Hall–Kier alpha value is -1.16. The van der Waals surface area contributed by atoms with E-state index in [2.05, 4.69) is 10.2 Å². The van der Waals surface area contributed by atoms with Gasteiger partial charge < -0.3 is 10.2 Å². The molecular weight excluding hydrogens is 258 g/mol. The molecule has 0 aliphatic carbocycles. The molecule has 0 radical (unpaired) electrons. The smallest absolute Gasteiger partial charge is 0.128 e. The summed E-state index contributed by atoms with van der Waals surface area (Å²) in [6, 6.07) is 3.83. The number of hydrogen-bond acceptors (Lipinski definition) is 2. The summed E-state index contributed by atoms with van der Waals surface area (Å²) < 4.78 is 26.7. The number of nitrogens with zero attached hydrogens (tertiary/aromatic N) is 1. The van der Waals surface area contributed by atoms with E-state index < -0.39 is 11.6 Å². The lowest BCUT2D eigenvalue weighted by Gasteiger charge is -2.37. The van der Waals surface area contributed by atoms with Crippen molar-refractivity contribution in [2.75, 3.05) is 31.1 Å². The number of anilines is 1. The van der Waals surface area contributed by atoms with Crippen LogP contribution >= 0.6 is 0 Å². The normalized spacial score (nSPS) is 27.6. The number of rotatable bonds is 1. The van der Waals surface area contributed by atoms with Gasteiger partial charge in [0, 0.05) is 31.4 Å². The first-order chi connectivity index (χ1) is 9.67. The van der Waals surface area contributed by atoms with Crippen molar-refractivity contribution in [3.63, 3.8) is 0 Å². The van der Waals surface area contributed by atoms with E-state index in [1.54, 1.807) is 0 Å². The standard InChI is InChI=1S/C16H22F2N2/c17-13-9-14(18)11-15(10-13)20-7-2-4-16(5-8-20)3-1-6-19-12-16/h9-11,19H,1-8,12H2. The average molecular weight is 280 g/mol. The summed E-state index contributed by atoms with van der Waals surface area (Å²) in [5, 5.41) is 3.51. The van der Waals surface area contributed by atoms with Crippen LogP contribution in [0.5, 0.6) is 0 Å². The van der Waals surface area contributed by atoms with Gasteiger partial charge in [0.15, 0.2) is 0 Å². The van der Waals surface area contributed by atoms with Crippen molar-refractivity contribution in [1.82, 2.24) is 5.32 Å². The van der Waals surface area contributed by atoms with Crippen molar-refractivity contribution in [3.05, 3.63) is 29.8 Å². The minimum absolute atomic E-state index is 0.402. The van der Waals surface area contributed by atoms with Gasteiger partial charge >= 0.3 is 0 Å². The van der Waals surface area contributed by atoms with Crippen LogP contribution in [-0.4, -0.2) is 26.2 Å². The molecule has 4 heteroatoms.